The summed E-state index contributed by atoms with van der Waals surface area (Å²) in [6.07, 6.45) is 2.36. The molecular weight excluding hydrogens is 164 g/mol. The molecule has 0 unspecified atom stereocenters. The number of hydrogen-bond acceptors (Lipinski definition) is 3. The van der Waals surface area contributed by atoms with Gasteiger partial charge in [0, 0.05) is 12.2 Å². The van der Waals surface area contributed by atoms with E-state index in [2.05, 4.69) is 0 Å². The molecule has 13 heavy (non-hydrogen) atoms. The Balaban J connectivity index is 2.10. The summed E-state index contributed by atoms with van der Waals surface area (Å²) in [5, 5.41) is 1.93. The van der Waals surface area contributed by atoms with Gasteiger partial charge in [-0.1, -0.05) is 0 Å². The van der Waals surface area contributed by atoms with Gasteiger partial charge in [0.05, 0.1) is 12.3 Å². The Morgan fingerprint density at radius 1 is 1.15 bits per heavy atom. The SMILES string of the molecule is Nc1ccc(N2CCCCO2)cc1. The van der Waals surface area contributed by atoms with Gasteiger partial charge < -0.3 is 5.73 Å². The maximum Gasteiger partial charge on any atom is 0.0749 e. The van der Waals surface area contributed by atoms with Crippen LogP contribution in [0.4, 0.5) is 11.4 Å². The first-order valence-corrected chi connectivity index (χ1v) is 4.62. The van der Waals surface area contributed by atoms with Gasteiger partial charge >= 0.3 is 0 Å². The predicted molar refractivity (Wildman–Crippen MR) is 53.4 cm³/mol. The molecule has 0 aromatic heterocycles. The third-order valence-corrected chi connectivity index (χ3v) is 2.18. The Kier molecular flexibility index (Phi) is 2.36. The third kappa shape index (κ3) is 1.92. The van der Waals surface area contributed by atoms with E-state index >= 15 is 0 Å². The van der Waals surface area contributed by atoms with Crippen LogP contribution in [-0.4, -0.2) is 13.2 Å². The third-order valence-electron chi connectivity index (χ3n) is 2.18. The molecule has 1 saturated heterocycles. The maximum atomic E-state index is 5.60. The second-order valence-electron chi connectivity index (χ2n) is 3.23. The summed E-state index contributed by atoms with van der Waals surface area (Å²) in [7, 11) is 0. The summed E-state index contributed by atoms with van der Waals surface area (Å²) in [5.41, 5.74) is 7.48. The lowest BCUT2D eigenvalue weighted by atomic mass is 10.2. The molecule has 0 saturated carbocycles. The van der Waals surface area contributed by atoms with Gasteiger partial charge in [-0.3, -0.25) is 9.90 Å². The standard InChI is InChI=1S/C10H14N2O/c11-9-3-5-10(6-4-9)12-7-1-2-8-13-12/h3-6H,1-2,7-8,11H2. The minimum Gasteiger partial charge on any atom is -0.399 e. The molecular formula is C10H14N2O. The largest absolute Gasteiger partial charge is 0.399 e. The monoisotopic (exact) mass is 178 g/mol. The zero-order valence-electron chi connectivity index (χ0n) is 7.57. The quantitative estimate of drug-likeness (QED) is 0.666. The highest BCUT2D eigenvalue weighted by atomic mass is 16.7. The average molecular weight is 178 g/mol. The number of nitrogens with zero attached hydrogens (tertiary/aromatic N) is 1. The lowest BCUT2D eigenvalue weighted by molar-refractivity contribution is 0.0778. The molecule has 0 spiro atoms. The van der Waals surface area contributed by atoms with E-state index in [-0.39, 0.29) is 0 Å². The molecule has 70 valence electrons. The van der Waals surface area contributed by atoms with E-state index in [1.54, 1.807) is 0 Å². The van der Waals surface area contributed by atoms with Crippen LogP contribution in [0, 0.1) is 0 Å². The first-order valence-electron chi connectivity index (χ1n) is 4.62. The molecule has 1 aliphatic heterocycles. The minimum atomic E-state index is 0.792. The van der Waals surface area contributed by atoms with Crippen LogP contribution in [0.3, 0.4) is 0 Å². The van der Waals surface area contributed by atoms with Crippen LogP contribution < -0.4 is 10.8 Å². The van der Waals surface area contributed by atoms with Crippen LogP contribution in [0.15, 0.2) is 24.3 Å². The van der Waals surface area contributed by atoms with Crippen molar-refractivity contribution in [2.45, 2.75) is 12.8 Å². The Bertz CT molecular complexity index is 265. The first-order chi connectivity index (χ1) is 6.36. The van der Waals surface area contributed by atoms with Crippen molar-refractivity contribution in [3.8, 4) is 0 Å². The lowest BCUT2D eigenvalue weighted by Gasteiger charge is -2.27. The second-order valence-corrected chi connectivity index (χ2v) is 3.23. The van der Waals surface area contributed by atoms with Crippen molar-refractivity contribution in [3.05, 3.63) is 24.3 Å². The van der Waals surface area contributed by atoms with Gasteiger partial charge in [-0.05, 0) is 37.1 Å². The molecule has 0 bridgehead atoms. The number of rotatable bonds is 1. The summed E-state index contributed by atoms with van der Waals surface area (Å²) >= 11 is 0. The van der Waals surface area contributed by atoms with Crippen molar-refractivity contribution < 1.29 is 4.84 Å². The predicted octanol–water partition coefficient (Wildman–Crippen LogP) is 1.80. The van der Waals surface area contributed by atoms with Crippen LogP contribution in [0.1, 0.15) is 12.8 Å². The van der Waals surface area contributed by atoms with E-state index < -0.39 is 0 Å². The molecule has 0 amide bonds. The van der Waals surface area contributed by atoms with Gasteiger partial charge in [-0.15, -0.1) is 0 Å². The number of hydrogen-bond donors (Lipinski definition) is 1. The molecule has 2 N–H and O–H groups in total. The highest BCUT2D eigenvalue weighted by Gasteiger charge is 2.10. The molecule has 1 aromatic carbocycles. The normalized spacial score (nSPS) is 17.4. The number of nitrogens with two attached hydrogens (primary N) is 1. The topological polar surface area (TPSA) is 38.5 Å². The van der Waals surface area contributed by atoms with Gasteiger partial charge in [0.25, 0.3) is 0 Å². The van der Waals surface area contributed by atoms with Gasteiger partial charge in [-0.2, -0.15) is 0 Å². The maximum absolute atomic E-state index is 5.60. The minimum absolute atomic E-state index is 0.792. The zero-order valence-corrected chi connectivity index (χ0v) is 7.57. The molecule has 1 heterocycles. The van der Waals surface area contributed by atoms with Crippen molar-refractivity contribution >= 4 is 11.4 Å². The summed E-state index contributed by atoms with van der Waals surface area (Å²) in [4.78, 5) is 5.50. The van der Waals surface area contributed by atoms with E-state index in [4.69, 9.17) is 10.6 Å². The van der Waals surface area contributed by atoms with Gasteiger partial charge in [0.15, 0.2) is 0 Å². The highest BCUT2D eigenvalue weighted by Crippen LogP contribution is 2.19. The summed E-state index contributed by atoms with van der Waals surface area (Å²) in [5.74, 6) is 0. The molecule has 0 atom stereocenters. The van der Waals surface area contributed by atoms with E-state index in [0.717, 1.165) is 30.9 Å². The number of hydroxylamine groups is 1. The second kappa shape index (κ2) is 3.66. The number of benzene rings is 1. The molecule has 1 fully saturated rings. The lowest BCUT2D eigenvalue weighted by Crippen LogP contribution is -2.29. The number of anilines is 2. The molecule has 3 nitrogen and oxygen atoms in total. The van der Waals surface area contributed by atoms with Crippen LogP contribution >= 0.6 is 0 Å². The van der Waals surface area contributed by atoms with E-state index in [0.29, 0.717) is 0 Å². The summed E-state index contributed by atoms with van der Waals surface area (Å²) in [6, 6.07) is 7.77. The van der Waals surface area contributed by atoms with E-state index in [9.17, 15) is 0 Å². The van der Waals surface area contributed by atoms with Crippen molar-refractivity contribution in [1.82, 2.24) is 0 Å². The van der Waals surface area contributed by atoms with Crippen molar-refractivity contribution in [3.63, 3.8) is 0 Å². The number of nitrogen functional groups attached to an aromatic ring is 1. The van der Waals surface area contributed by atoms with Crippen molar-refractivity contribution in [2.24, 2.45) is 0 Å². The Labute approximate surface area is 78.1 Å². The molecule has 0 aliphatic carbocycles. The Morgan fingerprint density at radius 3 is 2.54 bits per heavy atom. The molecule has 3 heteroatoms. The molecule has 2 rings (SSSR count). The van der Waals surface area contributed by atoms with E-state index in [1.807, 2.05) is 29.3 Å². The zero-order chi connectivity index (χ0) is 9.10. The van der Waals surface area contributed by atoms with E-state index in [1.165, 1.54) is 6.42 Å². The fourth-order valence-electron chi connectivity index (χ4n) is 1.44. The Hall–Kier alpha value is -1.22. The average Bonchev–Trinajstić information content (AvgIpc) is 2.20. The molecule has 1 aliphatic rings. The van der Waals surface area contributed by atoms with Gasteiger partial charge in [-0.25, -0.2) is 0 Å². The fraction of sp³-hybridized carbons (Fsp3) is 0.400. The van der Waals surface area contributed by atoms with Crippen LogP contribution in [0.5, 0.6) is 0 Å². The van der Waals surface area contributed by atoms with Crippen molar-refractivity contribution in [1.29, 1.82) is 0 Å². The molecule has 1 aromatic rings. The molecule has 0 radical (unpaired) electrons. The van der Waals surface area contributed by atoms with Crippen LogP contribution in [0.2, 0.25) is 0 Å². The van der Waals surface area contributed by atoms with Crippen molar-refractivity contribution in [2.75, 3.05) is 23.9 Å². The highest BCUT2D eigenvalue weighted by molar-refractivity contribution is 5.51. The van der Waals surface area contributed by atoms with Gasteiger partial charge in [0.2, 0.25) is 0 Å². The smallest absolute Gasteiger partial charge is 0.0749 e. The van der Waals surface area contributed by atoms with Gasteiger partial charge in [0.1, 0.15) is 0 Å². The fourth-order valence-corrected chi connectivity index (χ4v) is 1.44. The van der Waals surface area contributed by atoms with Crippen LogP contribution in [-0.2, 0) is 4.84 Å². The first kappa shape index (κ1) is 8.38. The Morgan fingerprint density at radius 2 is 1.92 bits per heavy atom. The summed E-state index contributed by atoms with van der Waals surface area (Å²) < 4.78 is 0. The summed E-state index contributed by atoms with van der Waals surface area (Å²) in [6.45, 7) is 1.80. The van der Waals surface area contributed by atoms with Crippen LogP contribution in [0.25, 0.3) is 0 Å².